The van der Waals surface area contributed by atoms with Crippen molar-refractivity contribution >= 4 is 22.5 Å². The van der Waals surface area contributed by atoms with Crippen LogP contribution in [0, 0.1) is 6.92 Å². The van der Waals surface area contributed by atoms with E-state index in [1.165, 1.54) is 0 Å². The van der Waals surface area contributed by atoms with Gasteiger partial charge in [0.1, 0.15) is 10.9 Å². The Morgan fingerprint density at radius 2 is 2.00 bits per heavy atom. The van der Waals surface area contributed by atoms with Crippen LogP contribution in [0.1, 0.15) is 5.56 Å². The van der Waals surface area contributed by atoms with E-state index in [-0.39, 0.29) is 5.75 Å². The number of halogens is 1. The van der Waals surface area contributed by atoms with Gasteiger partial charge in [0, 0.05) is 29.9 Å². The third-order valence-corrected chi connectivity index (χ3v) is 3.59. The van der Waals surface area contributed by atoms with Gasteiger partial charge in [-0.2, -0.15) is 0 Å². The topological polar surface area (TPSA) is 38.1 Å². The molecule has 3 rings (SSSR count). The van der Waals surface area contributed by atoms with Crippen molar-refractivity contribution in [3.63, 3.8) is 0 Å². The molecule has 3 aromatic rings. The lowest BCUT2D eigenvalue weighted by atomic mass is 10.1. The van der Waals surface area contributed by atoms with E-state index in [0.717, 1.165) is 27.7 Å². The smallest absolute Gasteiger partial charge is 0.131 e. The lowest BCUT2D eigenvalue weighted by molar-refractivity contribution is 0.475. The average Bonchev–Trinajstić information content (AvgIpc) is 2.67. The molecule has 0 aliphatic heterocycles. The summed E-state index contributed by atoms with van der Waals surface area (Å²) in [5, 5.41) is 11.0. The summed E-state index contributed by atoms with van der Waals surface area (Å²) in [6, 6.07) is 9.32. The van der Waals surface area contributed by atoms with Gasteiger partial charge in [0.15, 0.2) is 0 Å². The molecule has 2 heterocycles. The molecule has 0 radical (unpaired) electrons. The van der Waals surface area contributed by atoms with Crippen molar-refractivity contribution in [3.05, 3.63) is 47.2 Å². The van der Waals surface area contributed by atoms with Crippen LogP contribution in [0.4, 0.5) is 0 Å². The highest BCUT2D eigenvalue weighted by Gasteiger charge is 2.11. The molecule has 0 unspecified atom stereocenters. The summed E-state index contributed by atoms with van der Waals surface area (Å²) >= 11 is 5.94. The number of fused-ring (bicyclic) bond motifs is 1. The standard InChI is InChI=1S/C15H13ClN2O/c1-9-5-11(19)3-4-12(9)14-6-10-8-17-15(16)7-13(10)18(14)2/h3-8,19H,1-2H3. The van der Waals surface area contributed by atoms with E-state index >= 15 is 0 Å². The number of nitrogens with zero attached hydrogens (tertiary/aromatic N) is 2. The second-order valence-electron chi connectivity index (χ2n) is 4.65. The Balaban J connectivity index is 2.28. The first-order chi connectivity index (χ1) is 9.06. The molecule has 0 saturated carbocycles. The fourth-order valence-corrected chi connectivity index (χ4v) is 2.55. The zero-order chi connectivity index (χ0) is 13.6. The zero-order valence-electron chi connectivity index (χ0n) is 10.7. The molecule has 0 saturated heterocycles. The Hall–Kier alpha value is -2.00. The van der Waals surface area contributed by atoms with Crippen molar-refractivity contribution in [3.8, 4) is 17.0 Å². The maximum atomic E-state index is 9.50. The molecule has 4 heteroatoms. The number of aryl methyl sites for hydroxylation is 2. The largest absolute Gasteiger partial charge is 0.508 e. The number of phenols is 1. The van der Waals surface area contributed by atoms with E-state index in [0.29, 0.717) is 5.15 Å². The Bertz CT molecular complexity index is 777. The highest BCUT2D eigenvalue weighted by Crippen LogP contribution is 2.31. The fraction of sp³-hybridized carbons (Fsp3) is 0.133. The molecular formula is C15H13ClN2O. The van der Waals surface area contributed by atoms with Crippen molar-refractivity contribution in [2.75, 3.05) is 0 Å². The maximum absolute atomic E-state index is 9.50. The Kier molecular flexibility index (Phi) is 2.72. The van der Waals surface area contributed by atoms with Crippen LogP contribution in [0.5, 0.6) is 5.75 Å². The number of aromatic nitrogens is 2. The summed E-state index contributed by atoms with van der Waals surface area (Å²) < 4.78 is 2.09. The Labute approximate surface area is 116 Å². The van der Waals surface area contributed by atoms with Gasteiger partial charge in [-0.05, 0) is 42.8 Å². The average molecular weight is 273 g/mol. The molecule has 0 aliphatic carbocycles. The van der Waals surface area contributed by atoms with Gasteiger partial charge in [0.2, 0.25) is 0 Å². The first-order valence-electron chi connectivity index (χ1n) is 5.97. The van der Waals surface area contributed by atoms with Crippen LogP contribution < -0.4 is 0 Å². The van der Waals surface area contributed by atoms with E-state index in [9.17, 15) is 5.11 Å². The molecule has 1 N–H and O–H groups in total. The van der Waals surface area contributed by atoms with Crippen LogP contribution in [0.15, 0.2) is 36.5 Å². The van der Waals surface area contributed by atoms with Crippen LogP contribution >= 0.6 is 11.6 Å². The molecule has 2 aromatic heterocycles. The molecule has 0 fully saturated rings. The summed E-state index contributed by atoms with van der Waals surface area (Å²) in [4.78, 5) is 4.10. The number of pyridine rings is 1. The molecule has 0 atom stereocenters. The number of phenolic OH excluding ortho intramolecular Hbond substituents is 1. The first kappa shape index (κ1) is 12.1. The van der Waals surface area contributed by atoms with Crippen LogP contribution in [-0.2, 0) is 7.05 Å². The lowest BCUT2D eigenvalue weighted by Gasteiger charge is -2.08. The van der Waals surface area contributed by atoms with Crippen LogP contribution in [0.2, 0.25) is 5.15 Å². The molecule has 0 bridgehead atoms. The summed E-state index contributed by atoms with van der Waals surface area (Å²) in [5.41, 5.74) is 4.25. The number of aromatic hydroxyl groups is 1. The van der Waals surface area contributed by atoms with Gasteiger partial charge in [-0.3, -0.25) is 0 Å². The van der Waals surface area contributed by atoms with E-state index in [4.69, 9.17) is 11.6 Å². The zero-order valence-corrected chi connectivity index (χ0v) is 11.4. The SMILES string of the molecule is Cc1cc(O)ccc1-c1cc2cnc(Cl)cc2n1C. The third kappa shape index (κ3) is 1.96. The molecule has 96 valence electrons. The van der Waals surface area contributed by atoms with E-state index in [2.05, 4.69) is 15.6 Å². The van der Waals surface area contributed by atoms with Crippen LogP contribution in [-0.4, -0.2) is 14.7 Å². The molecule has 19 heavy (non-hydrogen) atoms. The minimum Gasteiger partial charge on any atom is -0.508 e. The van der Waals surface area contributed by atoms with Crippen molar-refractivity contribution in [1.29, 1.82) is 0 Å². The number of rotatable bonds is 1. The number of benzene rings is 1. The number of hydrogen-bond acceptors (Lipinski definition) is 2. The van der Waals surface area contributed by atoms with Gasteiger partial charge < -0.3 is 9.67 Å². The predicted octanol–water partition coefficient (Wildman–Crippen LogP) is 3.91. The number of hydrogen-bond donors (Lipinski definition) is 1. The minimum atomic E-state index is 0.282. The normalized spacial score (nSPS) is 11.1. The monoisotopic (exact) mass is 272 g/mol. The van der Waals surface area contributed by atoms with E-state index < -0.39 is 0 Å². The van der Waals surface area contributed by atoms with Gasteiger partial charge in [-0.15, -0.1) is 0 Å². The van der Waals surface area contributed by atoms with Gasteiger partial charge >= 0.3 is 0 Å². The first-order valence-corrected chi connectivity index (χ1v) is 6.35. The van der Waals surface area contributed by atoms with Gasteiger partial charge in [0.25, 0.3) is 0 Å². The molecule has 1 aromatic carbocycles. The van der Waals surface area contributed by atoms with Crippen molar-refractivity contribution in [1.82, 2.24) is 9.55 Å². The van der Waals surface area contributed by atoms with E-state index in [1.54, 1.807) is 18.3 Å². The minimum absolute atomic E-state index is 0.282. The molecule has 0 amide bonds. The predicted molar refractivity (Wildman–Crippen MR) is 77.6 cm³/mol. The van der Waals surface area contributed by atoms with E-state index in [1.807, 2.05) is 26.1 Å². The highest BCUT2D eigenvalue weighted by molar-refractivity contribution is 6.30. The Morgan fingerprint density at radius 1 is 1.21 bits per heavy atom. The molecule has 0 aliphatic rings. The second-order valence-corrected chi connectivity index (χ2v) is 5.04. The van der Waals surface area contributed by atoms with Crippen LogP contribution in [0.25, 0.3) is 22.2 Å². The summed E-state index contributed by atoms with van der Waals surface area (Å²) in [6.07, 6.45) is 1.77. The third-order valence-electron chi connectivity index (χ3n) is 3.38. The molecular weight excluding hydrogens is 260 g/mol. The second kappa shape index (κ2) is 4.28. The molecule has 0 spiro atoms. The van der Waals surface area contributed by atoms with Gasteiger partial charge in [-0.1, -0.05) is 11.6 Å². The van der Waals surface area contributed by atoms with Gasteiger partial charge in [-0.25, -0.2) is 4.98 Å². The molecule has 3 nitrogen and oxygen atoms in total. The fourth-order valence-electron chi connectivity index (χ4n) is 2.40. The van der Waals surface area contributed by atoms with Gasteiger partial charge in [0.05, 0.1) is 5.52 Å². The highest BCUT2D eigenvalue weighted by atomic mass is 35.5. The maximum Gasteiger partial charge on any atom is 0.131 e. The van der Waals surface area contributed by atoms with Crippen molar-refractivity contribution in [2.45, 2.75) is 6.92 Å². The quantitative estimate of drug-likeness (QED) is 0.682. The van der Waals surface area contributed by atoms with Crippen molar-refractivity contribution < 1.29 is 5.11 Å². The Morgan fingerprint density at radius 3 is 2.74 bits per heavy atom. The summed E-state index contributed by atoms with van der Waals surface area (Å²) in [7, 11) is 2.00. The van der Waals surface area contributed by atoms with Crippen molar-refractivity contribution in [2.24, 2.45) is 7.05 Å². The summed E-state index contributed by atoms with van der Waals surface area (Å²) in [5.74, 6) is 0.282. The summed E-state index contributed by atoms with van der Waals surface area (Å²) in [6.45, 7) is 1.98. The van der Waals surface area contributed by atoms with Crippen LogP contribution in [0.3, 0.4) is 0 Å². The lowest BCUT2D eigenvalue weighted by Crippen LogP contribution is -1.93.